The van der Waals surface area contributed by atoms with E-state index in [0.29, 0.717) is 0 Å². The second-order valence-corrected chi connectivity index (χ2v) is 5.75. The number of benzene rings is 1. The minimum absolute atomic E-state index is 0.0234. The summed E-state index contributed by atoms with van der Waals surface area (Å²) in [5.41, 5.74) is 5.04. The first-order chi connectivity index (χ1) is 10.4. The molecule has 0 unspecified atom stereocenters. The summed E-state index contributed by atoms with van der Waals surface area (Å²) in [4.78, 5) is 10.8. The molecule has 4 N–H and O–H groups in total. The highest BCUT2D eigenvalue weighted by atomic mass is 32.2. The van der Waals surface area contributed by atoms with Gasteiger partial charge in [0.15, 0.2) is 10.7 Å². The van der Waals surface area contributed by atoms with E-state index in [0.717, 1.165) is 0 Å². The summed E-state index contributed by atoms with van der Waals surface area (Å²) in [7, 11) is -1.36. The minimum atomic E-state index is -4.05. The molecular weight excluding hydrogens is 312 g/mol. The minimum Gasteiger partial charge on any atom is -0.495 e. The van der Waals surface area contributed by atoms with Crippen molar-refractivity contribution in [3.63, 3.8) is 0 Å². The van der Waals surface area contributed by atoms with Gasteiger partial charge in [0.25, 0.3) is 15.9 Å². The number of hydrogen-bond acceptors (Lipinski definition) is 6. The van der Waals surface area contributed by atoms with Crippen LogP contribution in [0.5, 0.6) is 11.5 Å². The van der Waals surface area contributed by atoms with Crippen LogP contribution in [0.2, 0.25) is 0 Å². The molecule has 0 saturated heterocycles. The Morgan fingerprint density at radius 1 is 1.27 bits per heavy atom. The molecule has 0 saturated carbocycles. The maximum atomic E-state index is 12.5. The van der Waals surface area contributed by atoms with Crippen molar-refractivity contribution < 1.29 is 22.7 Å². The van der Waals surface area contributed by atoms with Crippen LogP contribution in [0.25, 0.3) is 0 Å². The van der Waals surface area contributed by atoms with Crippen molar-refractivity contribution in [1.82, 2.24) is 10.2 Å². The zero-order chi connectivity index (χ0) is 16.3. The van der Waals surface area contributed by atoms with Gasteiger partial charge in [0, 0.05) is 6.07 Å². The van der Waals surface area contributed by atoms with Crippen molar-refractivity contribution in [2.24, 2.45) is 5.73 Å². The summed E-state index contributed by atoms with van der Waals surface area (Å²) in [5, 5.41) is 5.98. The van der Waals surface area contributed by atoms with Crippen LogP contribution in [0.15, 0.2) is 29.2 Å². The van der Waals surface area contributed by atoms with Crippen LogP contribution in [-0.2, 0) is 10.0 Å². The molecule has 10 heteroatoms. The molecule has 0 aliphatic heterocycles. The van der Waals surface area contributed by atoms with Crippen molar-refractivity contribution in [2.45, 2.75) is 4.90 Å². The number of nitrogens with zero attached hydrogens (tertiary/aromatic N) is 1. The number of nitrogens with two attached hydrogens (primary N) is 1. The number of aromatic amines is 1. The lowest BCUT2D eigenvalue weighted by molar-refractivity contribution is 0.0995. The lowest BCUT2D eigenvalue weighted by atomic mass is 10.3. The maximum absolute atomic E-state index is 12.5. The number of methoxy groups -OCH3 is 2. The third-order valence-electron chi connectivity index (χ3n) is 2.73. The number of primary amides is 1. The van der Waals surface area contributed by atoms with Crippen molar-refractivity contribution in [3.05, 3.63) is 30.0 Å². The Kier molecular flexibility index (Phi) is 4.22. The number of H-pyrrole nitrogens is 1. The summed E-state index contributed by atoms with van der Waals surface area (Å²) >= 11 is 0. The van der Waals surface area contributed by atoms with E-state index < -0.39 is 15.9 Å². The fourth-order valence-electron chi connectivity index (χ4n) is 1.77. The molecule has 0 atom stereocenters. The molecular formula is C12H14N4O5S. The third-order valence-corrected chi connectivity index (χ3v) is 4.15. The molecule has 2 rings (SSSR count). The molecule has 0 bridgehead atoms. The van der Waals surface area contributed by atoms with Gasteiger partial charge >= 0.3 is 0 Å². The predicted octanol–water partition coefficient (Wildman–Crippen LogP) is 0.327. The highest BCUT2D eigenvalue weighted by Gasteiger charge is 2.25. The van der Waals surface area contributed by atoms with Crippen LogP contribution in [0.4, 0.5) is 5.82 Å². The van der Waals surface area contributed by atoms with Crippen LogP contribution >= 0.6 is 0 Å². The van der Waals surface area contributed by atoms with E-state index in [1.165, 1.54) is 32.4 Å². The lowest BCUT2D eigenvalue weighted by Gasteiger charge is -2.13. The molecule has 1 heterocycles. The largest absolute Gasteiger partial charge is 0.495 e. The normalized spacial score (nSPS) is 11.0. The van der Waals surface area contributed by atoms with Gasteiger partial charge in [0.05, 0.1) is 14.2 Å². The van der Waals surface area contributed by atoms with E-state index in [1.54, 1.807) is 6.07 Å². The average Bonchev–Trinajstić information content (AvgIpc) is 2.94. The number of aromatic nitrogens is 2. The SMILES string of the molecule is COc1cccc(OC)c1S(=O)(=O)Nc1cc(C(N)=O)[nH]n1. The highest BCUT2D eigenvalue weighted by molar-refractivity contribution is 7.93. The molecule has 1 amide bonds. The number of sulfonamides is 1. The molecule has 9 nitrogen and oxygen atoms in total. The number of rotatable bonds is 6. The fraction of sp³-hybridized carbons (Fsp3) is 0.167. The Bertz CT molecular complexity index is 777. The first-order valence-electron chi connectivity index (χ1n) is 5.98. The third kappa shape index (κ3) is 2.96. The Balaban J connectivity index is 2.44. The van der Waals surface area contributed by atoms with E-state index in [9.17, 15) is 13.2 Å². The van der Waals surface area contributed by atoms with Gasteiger partial charge in [-0.3, -0.25) is 14.6 Å². The van der Waals surface area contributed by atoms with E-state index in [2.05, 4.69) is 14.9 Å². The van der Waals surface area contributed by atoms with Gasteiger partial charge in [-0.2, -0.15) is 5.10 Å². The van der Waals surface area contributed by atoms with Crippen LogP contribution < -0.4 is 19.9 Å². The van der Waals surface area contributed by atoms with Gasteiger partial charge in [0.1, 0.15) is 17.2 Å². The molecule has 0 aliphatic rings. The fourth-order valence-corrected chi connectivity index (χ4v) is 3.09. The van der Waals surface area contributed by atoms with Crippen LogP contribution in [0, 0.1) is 0 Å². The van der Waals surface area contributed by atoms with Crippen molar-refractivity contribution >= 4 is 21.7 Å². The Labute approximate surface area is 126 Å². The summed E-state index contributed by atoms with van der Waals surface area (Å²) in [6.07, 6.45) is 0. The van der Waals surface area contributed by atoms with Gasteiger partial charge in [-0.15, -0.1) is 0 Å². The van der Waals surface area contributed by atoms with Crippen LogP contribution in [0.3, 0.4) is 0 Å². The second-order valence-electron chi connectivity index (χ2n) is 4.13. The number of ether oxygens (including phenoxy) is 2. The zero-order valence-electron chi connectivity index (χ0n) is 11.8. The van der Waals surface area contributed by atoms with Crippen LogP contribution in [0.1, 0.15) is 10.5 Å². The number of carbonyl (C=O) groups is 1. The van der Waals surface area contributed by atoms with Gasteiger partial charge in [-0.25, -0.2) is 8.42 Å². The molecule has 0 radical (unpaired) electrons. The monoisotopic (exact) mass is 326 g/mol. The van der Waals surface area contributed by atoms with E-state index in [4.69, 9.17) is 15.2 Å². The first-order valence-corrected chi connectivity index (χ1v) is 7.46. The molecule has 118 valence electrons. The van der Waals surface area contributed by atoms with Crippen molar-refractivity contribution in [2.75, 3.05) is 18.9 Å². The molecule has 1 aromatic heterocycles. The summed E-state index contributed by atoms with van der Waals surface area (Å²) in [5.74, 6) is -0.621. The standard InChI is InChI=1S/C12H14N4O5S/c1-20-8-4-3-5-9(21-2)11(8)22(18,19)16-10-6-7(12(13)17)14-15-10/h3-6H,1-2H3,(H2,13,17)(H2,14,15,16). The average molecular weight is 326 g/mol. The Hall–Kier alpha value is -2.75. The summed E-state index contributed by atoms with van der Waals surface area (Å²) in [6, 6.07) is 5.74. The molecule has 1 aromatic carbocycles. The zero-order valence-corrected chi connectivity index (χ0v) is 12.6. The topological polar surface area (TPSA) is 136 Å². The first kappa shape index (κ1) is 15.6. The van der Waals surface area contributed by atoms with Crippen molar-refractivity contribution in [3.8, 4) is 11.5 Å². The van der Waals surface area contributed by atoms with E-state index >= 15 is 0 Å². The second kappa shape index (κ2) is 5.93. The van der Waals surface area contributed by atoms with E-state index in [-0.39, 0.29) is 27.9 Å². The summed E-state index contributed by atoms with van der Waals surface area (Å²) in [6.45, 7) is 0. The molecule has 2 aromatic rings. The molecule has 0 spiro atoms. The molecule has 0 aliphatic carbocycles. The van der Waals surface area contributed by atoms with Crippen LogP contribution in [-0.4, -0.2) is 38.7 Å². The highest BCUT2D eigenvalue weighted by Crippen LogP contribution is 2.33. The smallest absolute Gasteiger partial charge is 0.270 e. The van der Waals surface area contributed by atoms with E-state index in [1.807, 2.05) is 0 Å². The number of carbonyl (C=O) groups excluding carboxylic acids is 1. The molecule has 0 fully saturated rings. The quantitative estimate of drug-likeness (QED) is 0.699. The molecule has 22 heavy (non-hydrogen) atoms. The Morgan fingerprint density at radius 2 is 1.86 bits per heavy atom. The van der Waals surface area contributed by atoms with Gasteiger partial charge < -0.3 is 15.2 Å². The maximum Gasteiger partial charge on any atom is 0.270 e. The predicted molar refractivity (Wildman–Crippen MR) is 77.5 cm³/mol. The summed E-state index contributed by atoms with van der Waals surface area (Å²) < 4.78 is 37.3. The van der Waals surface area contributed by atoms with Gasteiger partial charge in [-0.1, -0.05) is 6.07 Å². The number of nitrogens with one attached hydrogen (secondary N) is 2. The van der Waals surface area contributed by atoms with Gasteiger partial charge in [0.2, 0.25) is 0 Å². The lowest BCUT2D eigenvalue weighted by Crippen LogP contribution is -2.15. The van der Waals surface area contributed by atoms with Gasteiger partial charge in [-0.05, 0) is 12.1 Å². The number of anilines is 1. The van der Waals surface area contributed by atoms with Crippen molar-refractivity contribution in [1.29, 1.82) is 0 Å². The number of hydrogen-bond donors (Lipinski definition) is 3. The number of amides is 1. The Morgan fingerprint density at radius 3 is 2.32 bits per heavy atom.